The lowest BCUT2D eigenvalue weighted by atomic mass is 10.0. The van der Waals surface area contributed by atoms with Crippen molar-refractivity contribution in [2.75, 3.05) is 6.26 Å². The molecule has 4 aromatic rings. The van der Waals surface area contributed by atoms with Crippen molar-refractivity contribution in [2.45, 2.75) is 37.0 Å². The van der Waals surface area contributed by atoms with E-state index in [1.54, 1.807) is 32.3 Å². The second kappa shape index (κ2) is 9.15. The number of halogens is 3. The Kier molecular flexibility index (Phi) is 6.24. The van der Waals surface area contributed by atoms with E-state index in [9.17, 15) is 13.2 Å². The Balaban J connectivity index is 1.63. The van der Waals surface area contributed by atoms with Gasteiger partial charge in [-0.2, -0.15) is 0 Å². The van der Waals surface area contributed by atoms with Gasteiger partial charge in [0.15, 0.2) is 21.5 Å². The van der Waals surface area contributed by atoms with E-state index in [0.717, 1.165) is 28.9 Å². The smallest absolute Gasteiger partial charge is 0.274 e. The number of hydrogen-bond donors (Lipinski definition) is 0. The number of pyridine rings is 3. The maximum atomic E-state index is 16.0. The van der Waals surface area contributed by atoms with Gasteiger partial charge in [-0.1, -0.05) is 23.7 Å². The number of aryl methyl sites for hydroxylation is 2. The predicted molar refractivity (Wildman–Crippen MR) is 137 cm³/mol. The molecule has 0 bridgehead atoms. The first kappa shape index (κ1) is 25.2. The van der Waals surface area contributed by atoms with Gasteiger partial charge in [-0.3, -0.25) is 19.3 Å². The molecular formula is C27H22ClF2N3O3S. The van der Waals surface area contributed by atoms with Crippen molar-refractivity contribution in [3.63, 3.8) is 0 Å². The molecule has 10 heteroatoms. The van der Waals surface area contributed by atoms with Gasteiger partial charge in [-0.25, -0.2) is 17.2 Å². The quantitative estimate of drug-likeness (QED) is 0.332. The van der Waals surface area contributed by atoms with E-state index in [2.05, 4.69) is 9.97 Å². The molecule has 0 N–H and O–H groups in total. The van der Waals surface area contributed by atoms with Crippen molar-refractivity contribution < 1.29 is 17.2 Å². The zero-order valence-electron chi connectivity index (χ0n) is 20.2. The maximum Gasteiger partial charge on any atom is 0.274 e. The van der Waals surface area contributed by atoms with Crippen LogP contribution in [0, 0.1) is 25.5 Å². The molecule has 1 aromatic carbocycles. The Labute approximate surface area is 217 Å². The minimum absolute atomic E-state index is 0.00981. The summed E-state index contributed by atoms with van der Waals surface area (Å²) in [7, 11) is -3.90. The molecule has 3 heterocycles. The fourth-order valence-corrected chi connectivity index (χ4v) is 5.83. The molecule has 0 aliphatic heterocycles. The molecule has 1 fully saturated rings. The largest absolute Gasteiger partial charge is 0.277 e. The SMILES string of the molecule is Cc1cnc(-c2cccc(S(C)(=O)=O)c2F)c(F)c1-n1c(C)cc([C@@H]2CC2c2cccnc2)c(Cl)c1=O. The van der Waals surface area contributed by atoms with Crippen molar-refractivity contribution in [1.29, 1.82) is 0 Å². The molecule has 1 saturated carbocycles. The van der Waals surface area contributed by atoms with Crippen LogP contribution in [0.1, 0.15) is 40.6 Å². The molecular weight excluding hydrogens is 520 g/mol. The molecule has 1 aliphatic carbocycles. The Morgan fingerprint density at radius 1 is 1.05 bits per heavy atom. The molecule has 190 valence electrons. The fourth-order valence-electron chi connectivity index (χ4n) is 4.79. The summed E-state index contributed by atoms with van der Waals surface area (Å²) in [6, 6.07) is 9.27. The van der Waals surface area contributed by atoms with Crippen LogP contribution in [0.25, 0.3) is 16.9 Å². The van der Waals surface area contributed by atoms with Gasteiger partial charge in [-0.05, 0) is 73.1 Å². The van der Waals surface area contributed by atoms with Crippen molar-refractivity contribution in [2.24, 2.45) is 0 Å². The Morgan fingerprint density at radius 3 is 2.49 bits per heavy atom. The molecule has 0 saturated heterocycles. The highest BCUT2D eigenvalue weighted by atomic mass is 35.5. The zero-order chi connectivity index (χ0) is 26.6. The summed E-state index contributed by atoms with van der Waals surface area (Å²) in [5.41, 5.74) is 1.07. The van der Waals surface area contributed by atoms with Gasteiger partial charge >= 0.3 is 0 Å². The van der Waals surface area contributed by atoms with E-state index in [-0.39, 0.29) is 28.1 Å². The molecule has 37 heavy (non-hydrogen) atoms. The van der Waals surface area contributed by atoms with Crippen LogP contribution in [0.2, 0.25) is 5.02 Å². The lowest BCUT2D eigenvalue weighted by Crippen LogP contribution is -2.24. The van der Waals surface area contributed by atoms with Crippen LogP contribution in [0.3, 0.4) is 0 Å². The fraction of sp³-hybridized carbons (Fsp3) is 0.222. The van der Waals surface area contributed by atoms with Crippen LogP contribution in [-0.4, -0.2) is 29.2 Å². The summed E-state index contributed by atoms with van der Waals surface area (Å²) in [5.74, 6) is -1.83. The molecule has 6 nitrogen and oxygen atoms in total. The molecule has 5 rings (SSSR count). The van der Waals surface area contributed by atoms with E-state index in [0.29, 0.717) is 16.8 Å². The first-order valence-electron chi connectivity index (χ1n) is 11.5. The average Bonchev–Trinajstić information content (AvgIpc) is 3.64. The van der Waals surface area contributed by atoms with E-state index in [1.807, 2.05) is 12.1 Å². The minimum Gasteiger partial charge on any atom is -0.277 e. The van der Waals surface area contributed by atoms with E-state index < -0.39 is 37.6 Å². The van der Waals surface area contributed by atoms with Crippen LogP contribution >= 0.6 is 11.6 Å². The number of benzene rings is 1. The highest BCUT2D eigenvalue weighted by molar-refractivity contribution is 7.90. The molecule has 2 atom stereocenters. The standard InChI is InChI=1S/C27H22ClF2N3O3S/c1-14-12-32-25(17-7-4-8-21(23(17)29)37(3,35)36)24(30)26(14)33-15(2)10-20(22(28)27(33)34)19-11-18(19)16-6-5-9-31-13-16/h4-10,12-13,18-19H,11H2,1-3H3/t18?,19-/m1/s1. The molecule has 1 unspecified atom stereocenters. The molecule has 3 aromatic heterocycles. The molecule has 1 aliphatic rings. The van der Waals surface area contributed by atoms with E-state index in [1.165, 1.54) is 18.3 Å². The topological polar surface area (TPSA) is 81.9 Å². The number of rotatable bonds is 5. The third-order valence-corrected chi connectivity index (χ3v) is 8.18. The van der Waals surface area contributed by atoms with Crippen molar-refractivity contribution >= 4 is 21.4 Å². The second-order valence-corrected chi connectivity index (χ2v) is 11.6. The number of aromatic nitrogens is 3. The number of nitrogens with zero attached hydrogens (tertiary/aromatic N) is 3. The molecule has 0 amide bonds. The van der Waals surface area contributed by atoms with Gasteiger partial charge in [0.25, 0.3) is 5.56 Å². The third-order valence-electron chi connectivity index (χ3n) is 6.68. The van der Waals surface area contributed by atoms with Gasteiger partial charge in [0.2, 0.25) is 0 Å². The second-order valence-electron chi connectivity index (χ2n) is 9.27. The van der Waals surface area contributed by atoms with Gasteiger partial charge in [0.1, 0.15) is 15.6 Å². The molecule has 0 radical (unpaired) electrons. The van der Waals surface area contributed by atoms with Crippen molar-refractivity contribution in [3.05, 3.63) is 104 Å². The van der Waals surface area contributed by atoms with Crippen LogP contribution < -0.4 is 5.56 Å². The average molecular weight is 542 g/mol. The van der Waals surface area contributed by atoms with Gasteiger partial charge < -0.3 is 0 Å². The maximum absolute atomic E-state index is 16.0. The summed E-state index contributed by atoms with van der Waals surface area (Å²) in [5, 5.41) is -0.00981. The summed E-state index contributed by atoms with van der Waals surface area (Å²) in [4.78, 5) is 21.1. The van der Waals surface area contributed by atoms with E-state index in [4.69, 9.17) is 11.6 Å². The van der Waals surface area contributed by atoms with Crippen LogP contribution in [0.5, 0.6) is 0 Å². The van der Waals surface area contributed by atoms with E-state index >= 15 is 8.78 Å². The summed E-state index contributed by atoms with van der Waals surface area (Å²) in [6.07, 6.45) is 6.49. The van der Waals surface area contributed by atoms with Crippen LogP contribution in [0.4, 0.5) is 8.78 Å². The normalized spacial score (nSPS) is 17.1. The van der Waals surface area contributed by atoms with Crippen molar-refractivity contribution in [1.82, 2.24) is 14.5 Å². The number of hydrogen-bond acceptors (Lipinski definition) is 5. The first-order chi connectivity index (χ1) is 17.5. The zero-order valence-corrected chi connectivity index (χ0v) is 21.7. The number of sulfone groups is 1. The van der Waals surface area contributed by atoms with Crippen LogP contribution in [0.15, 0.2) is 64.7 Å². The summed E-state index contributed by atoms with van der Waals surface area (Å²) >= 11 is 6.55. The van der Waals surface area contributed by atoms with Gasteiger partial charge in [0, 0.05) is 36.1 Å². The van der Waals surface area contributed by atoms with Gasteiger partial charge in [0.05, 0.1) is 5.69 Å². The lowest BCUT2D eigenvalue weighted by Gasteiger charge is -2.18. The summed E-state index contributed by atoms with van der Waals surface area (Å²) in [6.45, 7) is 3.25. The minimum atomic E-state index is -3.90. The Morgan fingerprint density at radius 2 is 1.81 bits per heavy atom. The highest BCUT2D eigenvalue weighted by Gasteiger charge is 2.41. The Bertz CT molecular complexity index is 1720. The lowest BCUT2D eigenvalue weighted by molar-refractivity contribution is 0.569. The monoisotopic (exact) mass is 541 g/mol. The van der Waals surface area contributed by atoms with Crippen molar-refractivity contribution in [3.8, 4) is 16.9 Å². The molecule has 0 spiro atoms. The van der Waals surface area contributed by atoms with Crippen LogP contribution in [-0.2, 0) is 9.84 Å². The first-order valence-corrected chi connectivity index (χ1v) is 13.7. The highest BCUT2D eigenvalue weighted by Crippen LogP contribution is 2.55. The third kappa shape index (κ3) is 4.36. The predicted octanol–water partition coefficient (Wildman–Crippen LogP) is 5.52. The van der Waals surface area contributed by atoms with Gasteiger partial charge in [-0.15, -0.1) is 0 Å². The Hall–Kier alpha value is -3.43. The summed E-state index contributed by atoms with van der Waals surface area (Å²) < 4.78 is 56.2.